The molecular formula is C14H20N6. The summed E-state index contributed by atoms with van der Waals surface area (Å²) in [6.45, 7) is 0.676. The van der Waals surface area contributed by atoms with Crippen LogP contribution in [0, 0.1) is 0 Å². The number of hydrogen-bond acceptors (Lipinski definition) is 4. The lowest BCUT2D eigenvalue weighted by atomic mass is 10.3. The van der Waals surface area contributed by atoms with E-state index < -0.39 is 0 Å². The molecule has 0 spiro atoms. The molecule has 2 aliphatic carbocycles. The fourth-order valence-electron chi connectivity index (χ4n) is 3.21. The average molecular weight is 272 g/mol. The van der Waals surface area contributed by atoms with E-state index in [0.29, 0.717) is 24.3 Å². The van der Waals surface area contributed by atoms with Gasteiger partial charge in [0.25, 0.3) is 0 Å². The molecule has 20 heavy (non-hydrogen) atoms. The van der Waals surface area contributed by atoms with Gasteiger partial charge in [-0.1, -0.05) is 18.1 Å². The molecule has 0 atom stereocenters. The fourth-order valence-corrected chi connectivity index (χ4v) is 3.21. The van der Waals surface area contributed by atoms with Crippen LogP contribution in [0.4, 0.5) is 5.82 Å². The zero-order valence-corrected chi connectivity index (χ0v) is 11.6. The van der Waals surface area contributed by atoms with Crippen molar-refractivity contribution in [1.82, 2.24) is 24.8 Å². The predicted octanol–water partition coefficient (Wildman–Crippen LogP) is 2.10. The van der Waals surface area contributed by atoms with Gasteiger partial charge in [0.2, 0.25) is 0 Å². The molecule has 2 aromatic rings. The summed E-state index contributed by atoms with van der Waals surface area (Å²) >= 11 is 0. The van der Waals surface area contributed by atoms with Crippen molar-refractivity contribution in [3.8, 4) is 0 Å². The van der Waals surface area contributed by atoms with Crippen LogP contribution in [-0.2, 0) is 6.54 Å². The van der Waals surface area contributed by atoms with E-state index in [4.69, 9.17) is 10.8 Å². The molecule has 2 saturated carbocycles. The molecule has 0 bridgehead atoms. The molecular weight excluding hydrogens is 252 g/mol. The molecule has 0 unspecified atom stereocenters. The van der Waals surface area contributed by atoms with Crippen molar-refractivity contribution in [2.75, 3.05) is 5.73 Å². The molecule has 4 rings (SSSR count). The maximum atomic E-state index is 5.92. The van der Waals surface area contributed by atoms with E-state index in [-0.39, 0.29) is 0 Å². The number of hydrogen-bond donors (Lipinski definition) is 1. The molecule has 0 radical (unpaired) electrons. The number of rotatable bonds is 4. The summed E-state index contributed by atoms with van der Waals surface area (Å²) in [6.07, 6.45) is 9.66. The summed E-state index contributed by atoms with van der Waals surface area (Å²) in [5, 5.41) is 12.9. The van der Waals surface area contributed by atoms with E-state index in [9.17, 15) is 0 Å². The summed E-state index contributed by atoms with van der Waals surface area (Å²) in [6, 6.07) is 2.68. The van der Waals surface area contributed by atoms with Gasteiger partial charge in [-0.05, 0) is 31.7 Å². The third-order valence-corrected chi connectivity index (χ3v) is 4.44. The van der Waals surface area contributed by atoms with Crippen LogP contribution in [-0.4, -0.2) is 24.8 Å². The molecule has 0 amide bonds. The smallest absolute Gasteiger partial charge is 0.169 e. The highest BCUT2D eigenvalue weighted by molar-refractivity contribution is 5.38. The van der Waals surface area contributed by atoms with Gasteiger partial charge in [-0.2, -0.15) is 5.10 Å². The Bertz CT molecular complexity index is 603. The van der Waals surface area contributed by atoms with Crippen molar-refractivity contribution >= 4 is 5.82 Å². The van der Waals surface area contributed by atoms with Gasteiger partial charge in [-0.25, -0.2) is 4.68 Å². The number of nitrogens with zero attached hydrogens (tertiary/aromatic N) is 5. The first-order valence-corrected chi connectivity index (χ1v) is 7.54. The molecule has 2 aliphatic rings. The highest BCUT2D eigenvalue weighted by Crippen LogP contribution is 2.42. The lowest BCUT2D eigenvalue weighted by Crippen LogP contribution is -2.09. The molecule has 0 aliphatic heterocycles. The van der Waals surface area contributed by atoms with E-state index in [1.165, 1.54) is 38.5 Å². The first-order chi connectivity index (χ1) is 9.81. The third-order valence-electron chi connectivity index (χ3n) is 4.44. The molecule has 0 aromatic carbocycles. The van der Waals surface area contributed by atoms with Crippen molar-refractivity contribution in [2.24, 2.45) is 0 Å². The number of nitrogen functional groups attached to an aromatic ring is 1. The van der Waals surface area contributed by atoms with Crippen LogP contribution in [0.5, 0.6) is 0 Å². The van der Waals surface area contributed by atoms with Crippen molar-refractivity contribution in [3.63, 3.8) is 0 Å². The molecule has 2 N–H and O–H groups in total. The van der Waals surface area contributed by atoms with Crippen LogP contribution in [0.1, 0.15) is 61.9 Å². The molecule has 6 nitrogen and oxygen atoms in total. The molecule has 2 fully saturated rings. The SMILES string of the molecule is Nc1nnn(Cc2ccn(C3CCCC3)n2)c1C1CC1. The van der Waals surface area contributed by atoms with Gasteiger partial charge in [-0.15, -0.1) is 5.10 Å². The second-order valence-electron chi connectivity index (χ2n) is 6.02. The Morgan fingerprint density at radius 1 is 1.20 bits per heavy atom. The van der Waals surface area contributed by atoms with Crippen molar-refractivity contribution < 1.29 is 0 Å². The van der Waals surface area contributed by atoms with E-state index in [0.717, 1.165) is 11.4 Å². The van der Waals surface area contributed by atoms with E-state index in [1.807, 2.05) is 4.68 Å². The van der Waals surface area contributed by atoms with Crippen LogP contribution in [0.15, 0.2) is 12.3 Å². The van der Waals surface area contributed by atoms with Gasteiger partial charge in [0, 0.05) is 12.1 Å². The topological polar surface area (TPSA) is 74.5 Å². The molecule has 0 saturated heterocycles. The van der Waals surface area contributed by atoms with Gasteiger partial charge in [0.05, 0.1) is 24.0 Å². The Balaban J connectivity index is 1.54. The van der Waals surface area contributed by atoms with Gasteiger partial charge < -0.3 is 5.73 Å². The van der Waals surface area contributed by atoms with Gasteiger partial charge in [0.15, 0.2) is 5.82 Å². The minimum atomic E-state index is 0.557. The summed E-state index contributed by atoms with van der Waals surface area (Å²) < 4.78 is 4.05. The first kappa shape index (κ1) is 11.9. The normalized spacial score (nSPS) is 19.8. The van der Waals surface area contributed by atoms with Crippen LogP contribution in [0.2, 0.25) is 0 Å². The Morgan fingerprint density at radius 3 is 2.75 bits per heavy atom. The predicted molar refractivity (Wildman–Crippen MR) is 75.2 cm³/mol. The van der Waals surface area contributed by atoms with Gasteiger partial charge in [-0.3, -0.25) is 4.68 Å². The summed E-state index contributed by atoms with van der Waals surface area (Å²) in [5.74, 6) is 1.14. The zero-order chi connectivity index (χ0) is 13.5. The van der Waals surface area contributed by atoms with Gasteiger partial charge >= 0.3 is 0 Å². The van der Waals surface area contributed by atoms with Crippen LogP contribution in [0.3, 0.4) is 0 Å². The Hall–Kier alpha value is -1.85. The average Bonchev–Trinajstić information content (AvgIpc) is 2.88. The minimum Gasteiger partial charge on any atom is -0.381 e. The third kappa shape index (κ3) is 2.09. The first-order valence-electron chi connectivity index (χ1n) is 7.54. The second kappa shape index (κ2) is 4.61. The Labute approximate surface area is 118 Å². The molecule has 2 aromatic heterocycles. The van der Waals surface area contributed by atoms with Crippen molar-refractivity contribution in [3.05, 3.63) is 23.7 Å². The summed E-state index contributed by atoms with van der Waals surface area (Å²) in [7, 11) is 0. The zero-order valence-electron chi connectivity index (χ0n) is 11.6. The lowest BCUT2D eigenvalue weighted by molar-refractivity contribution is 0.459. The Morgan fingerprint density at radius 2 is 2.00 bits per heavy atom. The number of nitrogens with two attached hydrogens (primary N) is 1. The largest absolute Gasteiger partial charge is 0.381 e. The van der Waals surface area contributed by atoms with Crippen LogP contribution >= 0.6 is 0 Å². The standard InChI is InChI=1S/C14H20N6/c15-14-13(10-5-6-10)20(18-16-14)9-11-7-8-19(17-11)12-3-1-2-4-12/h7-8,10,12H,1-6,9,15H2. The highest BCUT2D eigenvalue weighted by Gasteiger charge is 2.30. The van der Waals surface area contributed by atoms with Gasteiger partial charge in [0.1, 0.15) is 0 Å². The quantitative estimate of drug-likeness (QED) is 0.924. The van der Waals surface area contributed by atoms with E-state index in [2.05, 4.69) is 27.3 Å². The number of anilines is 1. The van der Waals surface area contributed by atoms with E-state index in [1.54, 1.807) is 0 Å². The maximum Gasteiger partial charge on any atom is 0.169 e. The molecule has 6 heteroatoms. The van der Waals surface area contributed by atoms with Crippen LogP contribution < -0.4 is 5.73 Å². The Kier molecular flexibility index (Phi) is 2.75. The second-order valence-corrected chi connectivity index (χ2v) is 6.02. The van der Waals surface area contributed by atoms with Crippen LogP contribution in [0.25, 0.3) is 0 Å². The molecule has 106 valence electrons. The maximum absolute atomic E-state index is 5.92. The lowest BCUT2D eigenvalue weighted by Gasteiger charge is -2.09. The summed E-state index contributed by atoms with van der Waals surface area (Å²) in [5.41, 5.74) is 8.06. The fraction of sp³-hybridized carbons (Fsp3) is 0.643. The molecule has 2 heterocycles. The van der Waals surface area contributed by atoms with E-state index >= 15 is 0 Å². The highest BCUT2D eigenvalue weighted by atomic mass is 15.5. The van der Waals surface area contributed by atoms with Crippen molar-refractivity contribution in [1.29, 1.82) is 0 Å². The minimum absolute atomic E-state index is 0.557. The monoisotopic (exact) mass is 272 g/mol. The number of aromatic nitrogens is 5. The summed E-state index contributed by atoms with van der Waals surface area (Å²) in [4.78, 5) is 0. The van der Waals surface area contributed by atoms with Crippen molar-refractivity contribution in [2.45, 2.75) is 57.0 Å².